The Morgan fingerprint density at radius 2 is 2.20 bits per heavy atom. The average molecular weight is 277 g/mol. The van der Waals surface area contributed by atoms with E-state index < -0.39 is 11.7 Å². The lowest BCUT2D eigenvalue weighted by atomic mass is 10.1. The molecule has 0 saturated heterocycles. The number of phenolic OH excluding ortho intramolecular Hbond substituents is 1. The Labute approximate surface area is 116 Å². The van der Waals surface area contributed by atoms with E-state index in [1.165, 1.54) is 0 Å². The van der Waals surface area contributed by atoms with E-state index in [1.54, 1.807) is 18.7 Å². The molecule has 1 heterocycles. The van der Waals surface area contributed by atoms with Crippen LogP contribution in [0.5, 0.6) is 5.75 Å². The van der Waals surface area contributed by atoms with Crippen LogP contribution in [0.1, 0.15) is 34.6 Å². The first-order chi connectivity index (χ1) is 9.38. The van der Waals surface area contributed by atoms with Crippen molar-refractivity contribution < 1.29 is 14.3 Å². The number of nitrogens with zero attached hydrogens (tertiary/aromatic N) is 2. The number of aromatic hydroxyl groups is 1. The zero-order valence-corrected chi connectivity index (χ0v) is 11.5. The van der Waals surface area contributed by atoms with Crippen LogP contribution in [-0.2, 0) is 7.05 Å². The van der Waals surface area contributed by atoms with Gasteiger partial charge in [-0.25, -0.2) is 4.39 Å². The second-order valence-corrected chi connectivity index (χ2v) is 4.70. The fourth-order valence-corrected chi connectivity index (χ4v) is 2.09. The lowest BCUT2D eigenvalue weighted by molar-refractivity contribution is 0.0936. The number of aryl methyl sites for hydroxylation is 2. The van der Waals surface area contributed by atoms with Crippen LogP contribution in [0.4, 0.5) is 4.39 Å². The molecule has 2 N–H and O–H groups in total. The molecule has 1 aromatic carbocycles. The van der Waals surface area contributed by atoms with Gasteiger partial charge in [0.05, 0.1) is 17.3 Å². The average Bonchev–Trinajstić information content (AvgIpc) is 2.71. The van der Waals surface area contributed by atoms with E-state index in [-0.39, 0.29) is 17.4 Å². The van der Waals surface area contributed by atoms with Crippen LogP contribution in [0, 0.1) is 12.7 Å². The number of rotatable bonds is 3. The van der Waals surface area contributed by atoms with Crippen molar-refractivity contribution in [1.29, 1.82) is 0 Å². The third-order valence-electron chi connectivity index (χ3n) is 3.07. The summed E-state index contributed by atoms with van der Waals surface area (Å²) in [7, 11) is 1.80. The first kappa shape index (κ1) is 14.0. The minimum Gasteiger partial charge on any atom is -0.507 e. The van der Waals surface area contributed by atoms with Gasteiger partial charge in [0.2, 0.25) is 0 Å². The topological polar surface area (TPSA) is 67.2 Å². The largest absolute Gasteiger partial charge is 0.507 e. The van der Waals surface area contributed by atoms with Crippen LogP contribution in [0.25, 0.3) is 0 Å². The van der Waals surface area contributed by atoms with Crippen LogP contribution < -0.4 is 5.32 Å². The Hall–Kier alpha value is -2.37. The van der Waals surface area contributed by atoms with Gasteiger partial charge in [-0.05, 0) is 32.0 Å². The Kier molecular flexibility index (Phi) is 3.74. The molecule has 6 heteroatoms. The van der Waals surface area contributed by atoms with E-state index in [1.807, 2.05) is 13.1 Å². The van der Waals surface area contributed by atoms with Crippen LogP contribution in [0.15, 0.2) is 24.4 Å². The van der Waals surface area contributed by atoms with Crippen molar-refractivity contribution in [3.8, 4) is 5.75 Å². The van der Waals surface area contributed by atoms with Gasteiger partial charge < -0.3 is 10.4 Å². The first-order valence-electron chi connectivity index (χ1n) is 6.18. The van der Waals surface area contributed by atoms with Gasteiger partial charge in [-0.1, -0.05) is 0 Å². The van der Waals surface area contributed by atoms with Gasteiger partial charge in [-0.2, -0.15) is 5.10 Å². The van der Waals surface area contributed by atoms with Crippen molar-refractivity contribution in [3.05, 3.63) is 47.0 Å². The fraction of sp³-hybridized carbons (Fsp3) is 0.286. The molecule has 106 valence electrons. The van der Waals surface area contributed by atoms with Gasteiger partial charge in [-0.15, -0.1) is 0 Å². The van der Waals surface area contributed by atoms with Gasteiger partial charge in [0.1, 0.15) is 11.6 Å². The van der Waals surface area contributed by atoms with Crippen LogP contribution >= 0.6 is 0 Å². The normalized spacial score (nSPS) is 12.2. The molecular weight excluding hydrogens is 261 g/mol. The molecule has 0 bridgehead atoms. The lowest BCUT2D eigenvalue weighted by Gasteiger charge is -2.14. The summed E-state index contributed by atoms with van der Waals surface area (Å²) in [5, 5.41) is 16.5. The highest BCUT2D eigenvalue weighted by Gasteiger charge is 2.18. The summed E-state index contributed by atoms with van der Waals surface area (Å²) in [5.74, 6) is -1.35. The van der Waals surface area contributed by atoms with Crippen molar-refractivity contribution >= 4 is 5.91 Å². The number of carbonyl (C=O) groups excluding carboxylic acids is 1. The smallest absolute Gasteiger partial charge is 0.255 e. The SMILES string of the molecule is Cc1nn(C)cc1[C@H](C)NC(=O)c1cc(F)ccc1O. The molecule has 0 aliphatic heterocycles. The maximum atomic E-state index is 13.1. The highest BCUT2D eigenvalue weighted by atomic mass is 19.1. The second kappa shape index (κ2) is 5.32. The van der Waals surface area contributed by atoms with E-state index in [0.29, 0.717) is 0 Å². The fourth-order valence-electron chi connectivity index (χ4n) is 2.09. The second-order valence-electron chi connectivity index (χ2n) is 4.70. The first-order valence-corrected chi connectivity index (χ1v) is 6.18. The molecule has 0 saturated carbocycles. The van der Waals surface area contributed by atoms with Crippen molar-refractivity contribution in [2.45, 2.75) is 19.9 Å². The van der Waals surface area contributed by atoms with Gasteiger partial charge in [0.15, 0.2) is 0 Å². The van der Waals surface area contributed by atoms with E-state index in [4.69, 9.17) is 0 Å². The standard InChI is InChI=1S/C14H16FN3O2/c1-8(12-7-18(3)17-9(12)2)16-14(20)11-6-10(15)4-5-13(11)19/h4-8,19H,1-3H3,(H,16,20)/t8-/m0/s1. The van der Waals surface area contributed by atoms with E-state index >= 15 is 0 Å². The summed E-state index contributed by atoms with van der Waals surface area (Å²) in [6.45, 7) is 3.65. The molecule has 0 radical (unpaired) electrons. The minimum absolute atomic E-state index is 0.0848. The number of phenols is 1. The predicted molar refractivity (Wildman–Crippen MR) is 71.9 cm³/mol. The molecule has 0 aliphatic rings. The number of halogens is 1. The monoisotopic (exact) mass is 277 g/mol. The molecule has 0 aliphatic carbocycles. The molecule has 20 heavy (non-hydrogen) atoms. The maximum absolute atomic E-state index is 13.1. The van der Waals surface area contributed by atoms with Gasteiger partial charge in [-0.3, -0.25) is 9.48 Å². The van der Waals surface area contributed by atoms with Crippen molar-refractivity contribution in [2.24, 2.45) is 7.05 Å². The van der Waals surface area contributed by atoms with Crippen molar-refractivity contribution in [1.82, 2.24) is 15.1 Å². The number of carbonyl (C=O) groups is 1. The quantitative estimate of drug-likeness (QED) is 0.902. The molecule has 0 unspecified atom stereocenters. The molecule has 5 nitrogen and oxygen atoms in total. The zero-order valence-electron chi connectivity index (χ0n) is 11.5. The molecule has 1 amide bonds. The molecule has 0 fully saturated rings. The van der Waals surface area contributed by atoms with E-state index in [0.717, 1.165) is 29.5 Å². The summed E-state index contributed by atoms with van der Waals surface area (Å²) in [5.41, 5.74) is 1.60. The zero-order chi connectivity index (χ0) is 14.9. The highest BCUT2D eigenvalue weighted by molar-refractivity contribution is 5.97. The molecule has 1 atom stereocenters. The Morgan fingerprint density at radius 1 is 1.50 bits per heavy atom. The Morgan fingerprint density at radius 3 is 2.80 bits per heavy atom. The number of hydrogen-bond acceptors (Lipinski definition) is 3. The number of aromatic nitrogens is 2. The molecular formula is C14H16FN3O2. The molecule has 2 aromatic rings. The number of amides is 1. The van der Waals surface area contributed by atoms with Gasteiger partial charge in [0, 0.05) is 18.8 Å². The summed E-state index contributed by atoms with van der Waals surface area (Å²) in [6.07, 6.45) is 1.81. The third-order valence-corrected chi connectivity index (χ3v) is 3.07. The van der Waals surface area contributed by atoms with E-state index in [2.05, 4.69) is 10.4 Å². The van der Waals surface area contributed by atoms with E-state index in [9.17, 15) is 14.3 Å². The predicted octanol–water partition coefficient (Wildman–Crippen LogP) is 2.06. The number of hydrogen-bond donors (Lipinski definition) is 2. The summed E-state index contributed by atoms with van der Waals surface area (Å²) in [6, 6.07) is 2.97. The summed E-state index contributed by atoms with van der Waals surface area (Å²) < 4.78 is 14.8. The number of benzene rings is 1. The third kappa shape index (κ3) is 2.79. The maximum Gasteiger partial charge on any atom is 0.255 e. The lowest BCUT2D eigenvalue weighted by Crippen LogP contribution is -2.27. The van der Waals surface area contributed by atoms with Crippen molar-refractivity contribution in [2.75, 3.05) is 0 Å². The van der Waals surface area contributed by atoms with Gasteiger partial charge >= 0.3 is 0 Å². The van der Waals surface area contributed by atoms with Crippen LogP contribution in [0.3, 0.4) is 0 Å². The van der Waals surface area contributed by atoms with Gasteiger partial charge in [0.25, 0.3) is 5.91 Å². The minimum atomic E-state index is -0.571. The molecule has 0 spiro atoms. The van der Waals surface area contributed by atoms with Crippen molar-refractivity contribution in [3.63, 3.8) is 0 Å². The molecule has 1 aromatic heterocycles. The van der Waals surface area contributed by atoms with Crippen LogP contribution in [-0.4, -0.2) is 20.8 Å². The highest BCUT2D eigenvalue weighted by Crippen LogP contribution is 2.20. The Bertz CT molecular complexity index is 652. The summed E-state index contributed by atoms with van der Waals surface area (Å²) in [4.78, 5) is 12.1. The van der Waals surface area contributed by atoms with Crippen LogP contribution in [0.2, 0.25) is 0 Å². The summed E-state index contributed by atoms with van der Waals surface area (Å²) >= 11 is 0. The molecule has 2 rings (SSSR count). The number of nitrogens with one attached hydrogen (secondary N) is 1. The Balaban J connectivity index is 2.19.